The van der Waals surface area contributed by atoms with Crippen LogP contribution in [0.15, 0.2) is 24.5 Å². The maximum absolute atomic E-state index is 12.8. The van der Waals surface area contributed by atoms with Crippen molar-refractivity contribution >= 4 is 11.7 Å². The van der Waals surface area contributed by atoms with E-state index in [0.717, 1.165) is 67.4 Å². The first-order chi connectivity index (χ1) is 16.5. The minimum Gasteiger partial charge on any atom is -0.376 e. The number of hydrogen-bond donors (Lipinski definition) is 2. The van der Waals surface area contributed by atoms with Gasteiger partial charge in [0.1, 0.15) is 5.82 Å². The molecule has 6 heterocycles. The predicted octanol–water partition coefficient (Wildman–Crippen LogP) is 2.70. The number of carbonyl (C=O) groups is 1. The van der Waals surface area contributed by atoms with Gasteiger partial charge in [0.2, 0.25) is 0 Å². The van der Waals surface area contributed by atoms with Gasteiger partial charge in [-0.1, -0.05) is 6.07 Å². The summed E-state index contributed by atoms with van der Waals surface area (Å²) >= 11 is 0. The predicted molar refractivity (Wildman–Crippen MR) is 127 cm³/mol. The molecule has 2 bridgehead atoms. The lowest BCUT2D eigenvalue weighted by Gasteiger charge is -2.23. The van der Waals surface area contributed by atoms with E-state index in [0.29, 0.717) is 24.1 Å². The summed E-state index contributed by atoms with van der Waals surface area (Å²) in [7, 11) is 0. The first-order valence-corrected chi connectivity index (χ1v) is 12.2. The molecule has 34 heavy (non-hydrogen) atoms. The summed E-state index contributed by atoms with van der Waals surface area (Å²) in [4.78, 5) is 20.1. The third-order valence-corrected chi connectivity index (χ3v) is 7.52. The monoisotopic (exact) mass is 461 g/mol. The summed E-state index contributed by atoms with van der Waals surface area (Å²) in [6.45, 7) is 7.45. The number of H-pyrrole nitrogens is 1. The Morgan fingerprint density at radius 1 is 1.24 bits per heavy atom. The first kappa shape index (κ1) is 21.3. The van der Waals surface area contributed by atoms with E-state index in [9.17, 15) is 4.79 Å². The molecule has 3 aliphatic heterocycles. The number of aromatic nitrogens is 5. The van der Waals surface area contributed by atoms with E-state index in [1.165, 1.54) is 12.0 Å². The minimum atomic E-state index is -0.118. The Morgan fingerprint density at radius 3 is 2.97 bits per heavy atom. The number of fused-ring (bicyclic) bond motifs is 5. The maximum atomic E-state index is 12.8. The summed E-state index contributed by atoms with van der Waals surface area (Å²) in [5, 5.41) is 14.9. The smallest absolute Gasteiger partial charge is 0.255 e. The highest BCUT2D eigenvalue weighted by atomic mass is 16.5. The van der Waals surface area contributed by atoms with Crippen LogP contribution in [-0.2, 0) is 17.7 Å². The van der Waals surface area contributed by atoms with Crippen molar-refractivity contribution in [2.24, 2.45) is 5.92 Å². The molecule has 0 saturated carbocycles. The zero-order chi connectivity index (χ0) is 23.2. The van der Waals surface area contributed by atoms with Gasteiger partial charge >= 0.3 is 0 Å². The third kappa shape index (κ3) is 3.98. The van der Waals surface area contributed by atoms with Crippen LogP contribution in [0.1, 0.15) is 63.9 Å². The Labute approximate surface area is 198 Å². The van der Waals surface area contributed by atoms with E-state index in [4.69, 9.17) is 9.72 Å². The van der Waals surface area contributed by atoms with Crippen LogP contribution in [0.4, 0.5) is 5.82 Å². The van der Waals surface area contributed by atoms with E-state index in [-0.39, 0.29) is 11.9 Å². The van der Waals surface area contributed by atoms with Crippen molar-refractivity contribution in [3.63, 3.8) is 0 Å². The van der Waals surface area contributed by atoms with E-state index in [2.05, 4.69) is 37.6 Å². The number of nitrogens with zero attached hydrogens (tertiary/aromatic N) is 5. The molecule has 3 aromatic rings. The first-order valence-electron chi connectivity index (χ1n) is 12.2. The molecule has 3 saturated heterocycles. The van der Waals surface area contributed by atoms with Gasteiger partial charge in [0.15, 0.2) is 0 Å². The summed E-state index contributed by atoms with van der Waals surface area (Å²) in [6, 6.07) is 4.19. The quantitative estimate of drug-likeness (QED) is 0.606. The number of aryl methyl sites for hydroxylation is 2. The fourth-order valence-corrected chi connectivity index (χ4v) is 5.51. The molecule has 0 aromatic carbocycles. The van der Waals surface area contributed by atoms with Crippen molar-refractivity contribution in [1.29, 1.82) is 0 Å². The summed E-state index contributed by atoms with van der Waals surface area (Å²) in [5.41, 5.74) is 5.93. The van der Waals surface area contributed by atoms with Gasteiger partial charge in [0, 0.05) is 30.7 Å². The maximum Gasteiger partial charge on any atom is 0.255 e. The van der Waals surface area contributed by atoms with E-state index < -0.39 is 0 Å². The number of anilines is 1. The molecule has 0 spiro atoms. The molecule has 3 aromatic heterocycles. The summed E-state index contributed by atoms with van der Waals surface area (Å²) in [5.74, 6) is 1.50. The molecule has 3 unspecified atom stereocenters. The zero-order valence-corrected chi connectivity index (χ0v) is 19.8. The van der Waals surface area contributed by atoms with Crippen molar-refractivity contribution in [1.82, 2.24) is 30.3 Å². The average Bonchev–Trinajstić information content (AvgIpc) is 3.48. The molecule has 3 atom stereocenters. The van der Waals surface area contributed by atoms with Crippen molar-refractivity contribution in [2.75, 3.05) is 24.6 Å². The van der Waals surface area contributed by atoms with E-state index in [1.807, 2.05) is 13.8 Å². The van der Waals surface area contributed by atoms with Gasteiger partial charge in [-0.3, -0.25) is 14.6 Å². The van der Waals surface area contributed by atoms with Crippen molar-refractivity contribution < 1.29 is 9.53 Å². The van der Waals surface area contributed by atoms with Crippen LogP contribution in [0.2, 0.25) is 0 Å². The second-order valence-electron chi connectivity index (χ2n) is 9.92. The van der Waals surface area contributed by atoms with Crippen LogP contribution >= 0.6 is 0 Å². The van der Waals surface area contributed by atoms with Gasteiger partial charge in [-0.15, -0.1) is 0 Å². The highest BCUT2D eigenvalue weighted by Crippen LogP contribution is 2.31. The van der Waals surface area contributed by atoms with Crippen LogP contribution in [-0.4, -0.2) is 56.7 Å². The average molecular weight is 462 g/mol. The highest BCUT2D eigenvalue weighted by Gasteiger charge is 2.31. The van der Waals surface area contributed by atoms with Gasteiger partial charge in [0.25, 0.3) is 5.91 Å². The van der Waals surface area contributed by atoms with Crippen LogP contribution < -0.4 is 10.2 Å². The number of ether oxygens (including phenoxy) is 1. The lowest BCUT2D eigenvalue weighted by atomic mass is 10.0. The molecule has 2 N–H and O–H groups in total. The SMILES string of the molecule is Cc1nc(N2CC3CCC(C2)OC3)ccc1Cn1cc(C(=O)NC2CCc3c2n[nH]c3C)cn1. The number of rotatable bonds is 5. The summed E-state index contributed by atoms with van der Waals surface area (Å²) in [6.07, 6.45) is 7.98. The molecular formula is C25H31N7O2. The van der Waals surface area contributed by atoms with Gasteiger partial charge < -0.3 is 15.0 Å². The number of amides is 1. The molecule has 9 heteroatoms. The lowest BCUT2D eigenvalue weighted by molar-refractivity contribution is 0.00762. The number of hydrogen-bond acceptors (Lipinski definition) is 6. The molecule has 178 valence electrons. The van der Waals surface area contributed by atoms with E-state index >= 15 is 0 Å². The lowest BCUT2D eigenvalue weighted by Crippen LogP contribution is -2.31. The molecule has 1 amide bonds. The molecular weight excluding hydrogens is 430 g/mol. The van der Waals surface area contributed by atoms with E-state index in [1.54, 1.807) is 17.1 Å². The van der Waals surface area contributed by atoms with Gasteiger partial charge in [-0.25, -0.2) is 4.98 Å². The molecule has 1 aliphatic carbocycles. The van der Waals surface area contributed by atoms with Crippen LogP contribution in [0.3, 0.4) is 0 Å². The topological polar surface area (TPSA) is 101 Å². The van der Waals surface area contributed by atoms with Crippen molar-refractivity contribution in [2.45, 2.75) is 58.2 Å². The molecule has 3 fully saturated rings. The van der Waals surface area contributed by atoms with Crippen LogP contribution in [0, 0.1) is 19.8 Å². The zero-order valence-electron chi connectivity index (χ0n) is 19.8. The standard InChI is InChI=1S/C25H31N7O2/c1-15-18(4-8-23(27-15)31-10-17-3-5-20(13-31)34-14-17)11-32-12-19(9-26-32)25(33)28-22-7-6-21-16(2)29-30-24(21)22/h4,8-9,12,17,20,22H,3,5-7,10-11,13-14H2,1-2H3,(H,28,33)(H,29,30). The Kier molecular flexibility index (Phi) is 5.36. The van der Waals surface area contributed by atoms with Gasteiger partial charge in [-0.2, -0.15) is 10.2 Å². The number of aromatic amines is 1. The normalized spacial score (nSPS) is 23.7. The van der Waals surface area contributed by atoms with Crippen molar-refractivity contribution in [3.8, 4) is 0 Å². The van der Waals surface area contributed by atoms with Crippen LogP contribution in [0.25, 0.3) is 0 Å². The fourth-order valence-electron chi connectivity index (χ4n) is 5.51. The Bertz CT molecular complexity index is 1190. The fraction of sp³-hybridized carbons (Fsp3) is 0.520. The Balaban J connectivity index is 1.11. The van der Waals surface area contributed by atoms with Gasteiger partial charge in [0.05, 0.1) is 42.8 Å². The highest BCUT2D eigenvalue weighted by molar-refractivity contribution is 5.94. The largest absolute Gasteiger partial charge is 0.376 e. The summed E-state index contributed by atoms with van der Waals surface area (Å²) < 4.78 is 7.75. The minimum absolute atomic E-state index is 0.0468. The molecule has 9 nitrogen and oxygen atoms in total. The Hall–Kier alpha value is -3.20. The van der Waals surface area contributed by atoms with Gasteiger partial charge in [-0.05, 0) is 62.6 Å². The molecule has 7 rings (SSSR count). The second kappa shape index (κ2) is 8.54. The Morgan fingerprint density at radius 2 is 2.15 bits per heavy atom. The molecule has 0 radical (unpaired) electrons. The number of carbonyl (C=O) groups excluding carboxylic acids is 1. The number of nitrogens with one attached hydrogen (secondary N) is 2. The van der Waals surface area contributed by atoms with Crippen molar-refractivity contribution in [3.05, 3.63) is 58.3 Å². The van der Waals surface area contributed by atoms with Crippen LogP contribution in [0.5, 0.6) is 0 Å². The molecule has 4 aliphatic rings. The second-order valence-corrected chi connectivity index (χ2v) is 9.92. The number of pyridine rings is 1. The third-order valence-electron chi connectivity index (χ3n) is 7.52.